The Hall–Kier alpha value is -0.0400. The topological polar surface area (TPSA) is 12.0 Å². The van der Waals surface area contributed by atoms with Crippen LogP contribution in [0.25, 0.3) is 0 Å². The van der Waals surface area contributed by atoms with Gasteiger partial charge >= 0.3 is 0 Å². The van der Waals surface area contributed by atoms with Gasteiger partial charge in [-0.2, -0.15) is 0 Å². The minimum atomic E-state index is 0.825. The molecule has 0 amide bonds. The molecule has 3 unspecified atom stereocenters. The maximum atomic E-state index is 3.34. The molecule has 0 aromatic heterocycles. The highest BCUT2D eigenvalue weighted by atomic mass is 14.8. The van der Waals surface area contributed by atoms with Crippen molar-refractivity contribution in [2.75, 3.05) is 13.6 Å². The Balaban J connectivity index is 2.43. The quantitative estimate of drug-likeness (QED) is 0.546. The Morgan fingerprint density at radius 2 is 1.80 bits per heavy atom. The minimum Gasteiger partial charge on any atom is -0.319 e. The first-order valence-electron chi connectivity index (χ1n) is 9.31. The van der Waals surface area contributed by atoms with E-state index < -0.39 is 0 Å². The zero-order chi connectivity index (χ0) is 14.8. The number of nitrogens with one attached hydrogen (secondary N) is 1. The van der Waals surface area contributed by atoms with Gasteiger partial charge in [0.05, 0.1) is 0 Å². The summed E-state index contributed by atoms with van der Waals surface area (Å²) in [5, 5.41) is 3.34. The molecule has 3 atom stereocenters. The lowest BCUT2D eigenvalue weighted by Gasteiger charge is -2.31. The molecule has 1 aliphatic rings. The van der Waals surface area contributed by atoms with Crippen molar-refractivity contribution in [3.63, 3.8) is 0 Å². The third kappa shape index (κ3) is 7.11. The highest BCUT2D eigenvalue weighted by Crippen LogP contribution is 2.35. The van der Waals surface area contributed by atoms with Crippen LogP contribution in [0.1, 0.15) is 85.0 Å². The van der Waals surface area contributed by atoms with Crippen molar-refractivity contribution in [3.05, 3.63) is 0 Å². The summed E-state index contributed by atoms with van der Waals surface area (Å²) in [6.07, 6.45) is 14.7. The van der Waals surface area contributed by atoms with E-state index in [1.807, 2.05) is 0 Å². The molecule has 1 aliphatic carbocycles. The Bertz CT molecular complexity index is 220. The van der Waals surface area contributed by atoms with E-state index in [1.165, 1.54) is 70.8 Å². The maximum Gasteiger partial charge on any atom is -0.00261 e. The molecule has 0 heterocycles. The monoisotopic (exact) mass is 281 g/mol. The lowest BCUT2D eigenvalue weighted by atomic mass is 9.75. The van der Waals surface area contributed by atoms with Gasteiger partial charge in [-0.1, -0.05) is 72.1 Å². The van der Waals surface area contributed by atoms with Crippen LogP contribution in [0.2, 0.25) is 0 Å². The largest absolute Gasteiger partial charge is 0.319 e. The number of hydrogen-bond donors (Lipinski definition) is 1. The van der Waals surface area contributed by atoms with Crippen LogP contribution >= 0.6 is 0 Å². The van der Waals surface area contributed by atoms with Crippen LogP contribution in [-0.2, 0) is 0 Å². The Morgan fingerprint density at radius 3 is 2.40 bits per heavy atom. The fourth-order valence-corrected chi connectivity index (χ4v) is 4.21. The van der Waals surface area contributed by atoms with Gasteiger partial charge in [-0.3, -0.25) is 0 Å². The molecule has 0 spiro atoms. The van der Waals surface area contributed by atoms with Gasteiger partial charge in [0.2, 0.25) is 0 Å². The summed E-state index contributed by atoms with van der Waals surface area (Å²) in [7, 11) is 2.08. The molecule has 120 valence electrons. The van der Waals surface area contributed by atoms with Crippen molar-refractivity contribution >= 4 is 0 Å². The molecule has 0 aromatic rings. The minimum absolute atomic E-state index is 0.825. The highest BCUT2D eigenvalue weighted by Gasteiger charge is 2.23. The molecule has 1 heteroatoms. The van der Waals surface area contributed by atoms with E-state index in [2.05, 4.69) is 33.1 Å². The van der Waals surface area contributed by atoms with Crippen molar-refractivity contribution in [1.29, 1.82) is 0 Å². The van der Waals surface area contributed by atoms with E-state index in [9.17, 15) is 0 Å². The van der Waals surface area contributed by atoms with Gasteiger partial charge in [-0.15, -0.1) is 0 Å². The number of unbranched alkanes of at least 4 members (excludes halogenated alkanes) is 1. The molecular formula is C19H39N. The second-order valence-corrected chi connectivity index (χ2v) is 7.52. The fraction of sp³-hybridized carbons (Fsp3) is 1.00. The smallest absolute Gasteiger partial charge is 0.00261 e. The zero-order valence-corrected chi connectivity index (χ0v) is 14.6. The van der Waals surface area contributed by atoms with E-state index in [-0.39, 0.29) is 0 Å². The first-order chi connectivity index (χ1) is 9.67. The second-order valence-electron chi connectivity index (χ2n) is 7.52. The average Bonchev–Trinajstić information content (AvgIpc) is 2.44. The molecular weight excluding hydrogens is 242 g/mol. The van der Waals surface area contributed by atoms with E-state index in [0.717, 1.165) is 23.7 Å². The predicted octanol–water partition coefficient (Wildman–Crippen LogP) is 5.64. The zero-order valence-electron chi connectivity index (χ0n) is 14.6. The van der Waals surface area contributed by atoms with Crippen LogP contribution in [0, 0.1) is 23.7 Å². The lowest BCUT2D eigenvalue weighted by Crippen LogP contribution is -2.23. The Kier molecular flexibility index (Phi) is 9.59. The van der Waals surface area contributed by atoms with Crippen molar-refractivity contribution in [3.8, 4) is 0 Å². The normalized spacial score (nSPS) is 21.6. The van der Waals surface area contributed by atoms with Crippen molar-refractivity contribution < 1.29 is 0 Å². The van der Waals surface area contributed by atoms with E-state index in [4.69, 9.17) is 0 Å². The summed E-state index contributed by atoms with van der Waals surface area (Å²) >= 11 is 0. The van der Waals surface area contributed by atoms with Gasteiger partial charge < -0.3 is 5.32 Å². The summed E-state index contributed by atoms with van der Waals surface area (Å²) in [4.78, 5) is 0. The van der Waals surface area contributed by atoms with Crippen molar-refractivity contribution in [2.45, 2.75) is 85.0 Å². The van der Waals surface area contributed by atoms with Gasteiger partial charge in [-0.25, -0.2) is 0 Å². The summed E-state index contributed by atoms with van der Waals surface area (Å²) in [6.45, 7) is 8.44. The van der Waals surface area contributed by atoms with Gasteiger partial charge in [0.25, 0.3) is 0 Å². The van der Waals surface area contributed by atoms with Crippen LogP contribution < -0.4 is 5.32 Å². The summed E-state index contributed by atoms with van der Waals surface area (Å²) < 4.78 is 0. The number of hydrogen-bond acceptors (Lipinski definition) is 1. The van der Waals surface area contributed by atoms with Crippen LogP contribution in [0.4, 0.5) is 0 Å². The van der Waals surface area contributed by atoms with E-state index in [0.29, 0.717) is 0 Å². The Morgan fingerprint density at radius 1 is 1.10 bits per heavy atom. The maximum absolute atomic E-state index is 3.34. The lowest BCUT2D eigenvalue weighted by molar-refractivity contribution is 0.202. The van der Waals surface area contributed by atoms with Crippen molar-refractivity contribution in [2.24, 2.45) is 23.7 Å². The van der Waals surface area contributed by atoms with Crippen LogP contribution in [0.15, 0.2) is 0 Å². The van der Waals surface area contributed by atoms with Crippen LogP contribution in [0.3, 0.4) is 0 Å². The molecule has 1 saturated carbocycles. The molecule has 1 N–H and O–H groups in total. The SMILES string of the molecule is CCCCC(CC1CCCCC1)C(C)CC(C)CNC. The molecule has 20 heavy (non-hydrogen) atoms. The third-order valence-electron chi connectivity index (χ3n) is 5.42. The molecule has 0 bridgehead atoms. The highest BCUT2D eigenvalue weighted by molar-refractivity contribution is 4.75. The standard InChI is InChI=1S/C19H39N/c1-5-6-12-19(14-18-10-8-7-9-11-18)17(3)13-16(2)15-20-4/h16-20H,5-15H2,1-4H3. The van der Waals surface area contributed by atoms with Crippen molar-refractivity contribution in [1.82, 2.24) is 5.32 Å². The van der Waals surface area contributed by atoms with Crippen LogP contribution in [-0.4, -0.2) is 13.6 Å². The van der Waals surface area contributed by atoms with Gasteiger partial charge in [0, 0.05) is 0 Å². The third-order valence-corrected chi connectivity index (χ3v) is 5.42. The van der Waals surface area contributed by atoms with Gasteiger partial charge in [-0.05, 0) is 50.1 Å². The summed E-state index contributed by atoms with van der Waals surface area (Å²) in [6, 6.07) is 0. The van der Waals surface area contributed by atoms with Gasteiger partial charge in [0.1, 0.15) is 0 Å². The second kappa shape index (κ2) is 10.7. The van der Waals surface area contributed by atoms with Gasteiger partial charge in [0.15, 0.2) is 0 Å². The molecule has 0 aliphatic heterocycles. The molecule has 1 rings (SSSR count). The van der Waals surface area contributed by atoms with E-state index >= 15 is 0 Å². The summed E-state index contributed by atoms with van der Waals surface area (Å²) in [5.74, 6) is 3.77. The summed E-state index contributed by atoms with van der Waals surface area (Å²) in [5.41, 5.74) is 0. The van der Waals surface area contributed by atoms with Crippen LogP contribution in [0.5, 0.6) is 0 Å². The first-order valence-corrected chi connectivity index (χ1v) is 9.31. The average molecular weight is 282 g/mol. The Labute approximate surface area is 128 Å². The number of rotatable bonds is 10. The fourth-order valence-electron chi connectivity index (χ4n) is 4.21. The molecule has 0 saturated heterocycles. The molecule has 0 aromatic carbocycles. The first kappa shape index (κ1) is 18.0. The van der Waals surface area contributed by atoms with E-state index in [1.54, 1.807) is 0 Å². The molecule has 1 fully saturated rings. The predicted molar refractivity (Wildman–Crippen MR) is 91.1 cm³/mol. The molecule has 0 radical (unpaired) electrons. The molecule has 1 nitrogen and oxygen atoms in total.